The van der Waals surface area contributed by atoms with E-state index in [-0.39, 0.29) is 0 Å². The summed E-state index contributed by atoms with van der Waals surface area (Å²) in [5.74, 6) is 3.29. The molecule has 29 heavy (non-hydrogen) atoms. The molecule has 2 aromatic heterocycles. The van der Waals surface area contributed by atoms with Gasteiger partial charge in [0.25, 0.3) is 0 Å². The van der Waals surface area contributed by atoms with Gasteiger partial charge < -0.3 is 18.9 Å². The second-order valence-electron chi connectivity index (χ2n) is 6.31. The van der Waals surface area contributed by atoms with Crippen molar-refractivity contribution >= 4 is 5.65 Å². The van der Waals surface area contributed by atoms with Crippen molar-refractivity contribution in [3.05, 3.63) is 54.7 Å². The lowest BCUT2D eigenvalue weighted by Gasteiger charge is -2.14. The largest absolute Gasteiger partial charge is 0.497 e. The van der Waals surface area contributed by atoms with Crippen molar-refractivity contribution in [2.24, 2.45) is 0 Å². The Morgan fingerprint density at radius 2 is 1.31 bits per heavy atom. The maximum Gasteiger partial charge on any atom is 0.203 e. The maximum absolute atomic E-state index is 5.48. The number of fused-ring (bicyclic) bond motifs is 1. The highest BCUT2D eigenvalue weighted by molar-refractivity contribution is 5.72. The topological polar surface area (TPSA) is 67.1 Å². The van der Waals surface area contributed by atoms with Crippen LogP contribution in [0.15, 0.2) is 54.7 Å². The molecular weight excluding hydrogens is 370 g/mol. The van der Waals surface area contributed by atoms with E-state index in [9.17, 15) is 0 Å². The fourth-order valence-electron chi connectivity index (χ4n) is 3.25. The van der Waals surface area contributed by atoms with Gasteiger partial charge in [0.05, 0.1) is 28.4 Å². The molecule has 7 heteroatoms. The zero-order valence-electron chi connectivity index (χ0n) is 16.7. The zero-order chi connectivity index (χ0) is 20.4. The summed E-state index contributed by atoms with van der Waals surface area (Å²) in [6.07, 6.45) is 2.00. The van der Waals surface area contributed by atoms with Crippen LogP contribution in [0.2, 0.25) is 0 Å². The van der Waals surface area contributed by atoms with Crippen molar-refractivity contribution in [1.82, 2.24) is 14.6 Å². The lowest BCUT2D eigenvalue weighted by atomic mass is 10.1. The van der Waals surface area contributed by atoms with Gasteiger partial charge in [-0.3, -0.25) is 4.40 Å². The SMILES string of the molecule is COc1ccc(-c2nnc3ccc(-c4cc(OC)c(OC)c(OC)c4)cn23)cc1. The number of nitrogens with zero attached hydrogens (tertiary/aromatic N) is 3. The summed E-state index contributed by atoms with van der Waals surface area (Å²) >= 11 is 0. The van der Waals surface area contributed by atoms with E-state index in [2.05, 4.69) is 10.2 Å². The van der Waals surface area contributed by atoms with E-state index in [0.717, 1.165) is 33.9 Å². The molecule has 0 spiro atoms. The molecule has 0 saturated carbocycles. The van der Waals surface area contributed by atoms with Crippen LogP contribution >= 0.6 is 0 Å². The zero-order valence-corrected chi connectivity index (χ0v) is 16.7. The summed E-state index contributed by atoms with van der Waals surface area (Å²) in [6.45, 7) is 0. The molecular formula is C22H21N3O4. The molecule has 4 aromatic rings. The number of methoxy groups -OCH3 is 4. The molecule has 0 unspecified atom stereocenters. The number of hydrogen-bond donors (Lipinski definition) is 0. The van der Waals surface area contributed by atoms with Crippen LogP contribution in [0.3, 0.4) is 0 Å². The number of rotatable bonds is 6. The van der Waals surface area contributed by atoms with Gasteiger partial charge in [0.2, 0.25) is 5.75 Å². The number of ether oxygens (including phenoxy) is 4. The highest BCUT2D eigenvalue weighted by Gasteiger charge is 2.15. The summed E-state index contributed by atoms with van der Waals surface area (Å²) in [5.41, 5.74) is 3.59. The van der Waals surface area contributed by atoms with Crippen molar-refractivity contribution in [3.63, 3.8) is 0 Å². The Bertz CT molecular complexity index is 1130. The van der Waals surface area contributed by atoms with Crippen LogP contribution in [-0.2, 0) is 0 Å². The van der Waals surface area contributed by atoms with Crippen LogP contribution in [0.4, 0.5) is 0 Å². The van der Waals surface area contributed by atoms with Crippen molar-refractivity contribution < 1.29 is 18.9 Å². The summed E-state index contributed by atoms with van der Waals surface area (Å²) in [7, 11) is 6.44. The van der Waals surface area contributed by atoms with Crippen LogP contribution < -0.4 is 18.9 Å². The summed E-state index contributed by atoms with van der Waals surface area (Å²) in [4.78, 5) is 0. The van der Waals surface area contributed by atoms with E-state index < -0.39 is 0 Å². The molecule has 0 bridgehead atoms. The molecule has 0 saturated heterocycles. The van der Waals surface area contributed by atoms with Gasteiger partial charge in [-0.05, 0) is 59.7 Å². The summed E-state index contributed by atoms with van der Waals surface area (Å²) < 4.78 is 23.6. The number of pyridine rings is 1. The smallest absolute Gasteiger partial charge is 0.203 e. The normalized spacial score (nSPS) is 10.8. The first kappa shape index (κ1) is 18.6. The maximum atomic E-state index is 5.48. The van der Waals surface area contributed by atoms with Gasteiger partial charge in [0.15, 0.2) is 23.0 Å². The monoisotopic (exact) mass is 391 g/mol. The Hall–Kier alpha value is -3.74. The van der Waals surface area contributed by atoms with Crippen LogP contribution in [-0.4, -0.2) is 43.0 Å². The third-order valence-electron chi connectivity index (χ3n) is 4.75. The van der Waals surface area contributed by atoms with Gasteiger partial charge >= 0.3 is 0 Å². The van der Waals surface area contributed by atoms with Gasteiger partial charge in [0, 0.05) is 11.8 Å². The van der Waals surface area contributed by atoms with Gasteiger partial charge in [0.1, 0.15) is 5.75 Å². The average Bonchev–Trinajstić information content (AvgIpc) is 3.21. The summed E-state index contributed by atoms with van der Waals surface area (Å²) in [5, 5.41) is 8.63. The molecule has 0 amide bonds. The standard InChI is InChI=1S/C22H21N3O4/c1-26-17-8-5-14(6-9-17)22-24-23-20-10-7-15(13-25(20)22)16-11-18(27-2)21(29-4)19(12-16)28-3/h5-13H,1-4H3. The molecule has 0 atom stereocenters. The molecule has 0 aliphatic rings. The Balaban J connectivity index is 1.83. The second-order valence-corrected chi connectivity index (χ2v) is 6.31. The highest BCUT2D eigenvalue weighted by atomic mass is 16.5. The molecule has 0 radical (unpaired) electrons. The molecule has 0 N–H and O–H groups in total. The summed E-state index contributed by atoms with van der Waals surface area (Å²) in [6, 6.07) is 15.5. The molecule has 4 rings (SSSR count). The van der Waals surface area contributed by atoms with Crippen LogP contribution in [0, 0.1) is 0 Å². The van der Waals surface area contributed by atoms with Crippen molar-refractivity contribution in [3.8, 4) is 45.5 Å². The van der Waals surface area contributed by atoms with E-state index in [4.69, 9.17) is 18.9 Å². The Labute approximate surface area is 168 Å². The quantitative estimate of drug-likeness (QED) is 0.493. The van der Waals surface area contributed by atoms with E-state index >= 15 is 0 Å². The van der Waals surface area contributed by atoms with E-state index in [0.29, 0.717) is 17.2 Å². The van der Waals surface area contributed by atoms with Crippen LogP contribution in [0.1, 0.15) is 0 Å². The highest BCUT2D eigenvalue weighted by Crippen LogP contribution is 2.41. The Kier molecular flexibility index (Phi) is 4.95. The third kappa shape index (κ3) is 3.31. The molecule has 7 nitrogen and oxygen atoms in total. The first-order chi connectivity index (χ1) is 14.2. The van der Waals surface area contributed by atoms with Gasteiger partial charge in [-0.25, -0.2) is 0 Å². The van der Waals surface area contributed by atoms with Crippen molar-refractivity contribution in [2.75, 3.05) is 28.4 Å². The van der Waals surface area contributed by atoms with Crippen LogP contribution in [0.25, 0.3) is 28.2 Å². The van der Waals surface area contributed by atoms with E-state index in [1.54, 1.807) is 28.4 Å². The van der Waals surface area contributed by atoms with Crippen LogP contribution in [0.5, 0.6) is 23.0 Å². The van der Waals surface area contributed by atoms with Crippen molar-refractivity contribution in [1.29, 1.82) is 0 Å². The lowest BCUT2D eigenvalue weighted by molar-refractivity contribution is 0.324. The minimum atomic E-state index is 0.558. The lowest BCUT2D eigenvalue weighted by Crippen LogP contribution is -1.96. The number of hydrogen-bond acceptors (Lipinski definition) is 6. The second kappa shape index (κ2) is 7.71. The van der Waals surface area contributed by atoms with Gasteiger partial charge in [-0.15, -0.1) is 10.2 Å². The number of aromatic nitrogens is 3. The third-order valence-corrected chi connectivity index (χ3v) is 4.75. The molecule has 2 aromatic carbocycles. The fourth-order valence-corrected chi connectivity index (χ4v) is 3.25. The minimum absolute atomic E-state index is 0.558. The Morgan fingerprint density at radius 1 is 0.655 bits per heavy atom. The first-order valence-electron chi connectivity index (χ1n) is 8.98. The van der Waals surface area contributed by atoms with Gasteiger partial charge in [-0.2, -0.15) is 0 Å². The van der Waals surface area contributed by atoms with E-state index in [1.807, 2.05) is 59.1 Å². The predicted molar refractivity (Wildman–Crippen MR) is 110 cm³/mol. The number of benzene rings is 2. The Morgan fingerprint density at radius 3 is 1.90 bits per heavy atom. The predicted octanol–water partition coefficient (Wildman–Crippen LogP) is 4.10. The minimum Gasteiger partial charge on any atom is -0.497 e. The molecule has 0 aliphatic carbocycles. The average molecular weight is 391 g/mol. The molecule has 2 heterocycles. The van der Waals surface area contributed by atoms with Gasteiger partial charge in [-0.1, -0.05) is 0 Å². The molecule has 148 valence electrons. The fraction of sp³-hybridized carbons (Fsp3) is 0.182. The van der Waals surface area contributed by atoms with E-state index in [1.165, 1.54) is 0 Å². The van der Waals surface area contributed by atoms with Crippen molar-refractivity contribution in [2.45, 2.75) is 0 Å². The molecule has 0 aliphatic heterocycles. The molecule has 0 fully saturated rings. The first-order valence-corrected chi connectivity index (χ1v) is 8.98.